The molecule has 2 N–H and O–H groups in total. The molecule has 0 aliphatic carbocycles. The quantitative estimate of drug-likeness (QED) is 0.344. The van der Waals surface area contributed by atoms with Crippen molar-refractivity contribution >= 4 is 50.3 Å². The number of rotatable bonds is 6. The summed E-state index contributed by atoms with van der Waals surface area (Å²) in [6, 6.07) is 22.2. The highest BCUT2D eigenvalue weighted by Gasteiger charge is 2.06. The molecule has 0 aliphatic heterocycles. The van der Waals surface area contributed by atoms with Crippen molar-refractivity contribution in [3.8, 4) is 5.75 Å². The Labute approximate surface area is 181 Å². The van der Waals surface area contributed by atoms with Crippen molar-refractivity contribution in [1.29, 1.82) is 0 Å². The van der Waals surface area contributed by atoms with Crippen LogP contribution in [0, 0.1) is 0 Å². The van der Waals surface area contributed by atoms with Crippen LogP contribution in [0.4, 0.5) is 20.2 Å². The number of halogens is 2. The lowest BCUT2D eigenvalue weighted by molar-refractivity contribution is -0.0498. The molecule has 3 aromatic carbocycles. The lowest BCUT2D eigenvalue weighted by Gasteiger charge is -2.12. The van der Waals surface area contributed by atoms with Crippen molar-refractivity contribution < 1.29 is 13.5 Å². The Bertz CT molecular complexity index is 1110. The van der Waals surface area contributed by atoms with E-state index in [4.69, 9.17) is 12.2 Å². The third-order valence-corrected chi connectivity index (χ3v) is 5.48. The number of benzene rings is 3. The van der Waals surface area contributed by atoms with Crippen LogP contribution >= 0.6 is 23.6 Å². The van der Waals surface area contributed by atoms with E-state index in [-0.39, 0.29) is 5.75 Å². The monoisotopic (exact) mass is 441 g/mol. The third kappa shape index (κ3) is 5.28. The molecule has 0 fully saturated rings. The minimum atomic E-state index is -2.84. The van der Waals surface area contributed by atoms with Gasteiger partial charge in [-0.1, -0.05) is 24.3 Å². The zero-order chi connectivity index (χ0) is 20.9. The lowest BCUT2D eigenvalue weighted by Crippen LogP contribution is -2.19. The number of nitrogens with zero attached hydrogens (tertiary/aromatic N) is 1. The van der Waals surface area contributed by atoms with E-state index in [0.717, 1.165) is 28.2 Å². The molecule has 0 saturated carbocycles. The topological polar surface area (TPSA) is 46.2 Å². The highest BCUT2D eigenvalue weighted by atomic mass is 32.1. The fourth-order valence-electron chi connectivity index (χ4n) is 2.89. The third-order valence-electron chi connectivity index (χ3n) is 4.24. The summed E-state index contributed by atoms with van der Waals surface area (Å²) in [6.45, 7) is -2.84. The van der Waals surface area contributed by atoms with Crippen LogP contribution in [0.1, 0.15) is 10.6 Å². The van der Waals surface area contributed by atoms with Crippen LogP contribution < -0.4 is 15.4 Å². The van der Waals surface area contributed by atoms with E-state index >= 15 is 0 Å². The number of nitrogens with one attached hydrogen (secondary N) is 2. The zero-order valence-corrected chi connectivity index (χ0v) is 17.3. The van der Waals surface area contributed by atoms with E-state index in [0.29, 0.717) is 10.8 Å². The summed E-state index contributed by atoms with van der Waals surface area (Å²) < 4.78 is 29.9. The maximum atomic E-state index is 12.2. The smallest absolute Gasteiger partial charge is 0.387 e. The molecular formula is C22H17F2N3OS2. The van der Waals surface area contributed by atoms with Crippen molar-refractivity contribution in [2.75, 3.05) is 10.6 Å². The number of ether oxygens (including phenoxy) is 1. The molecule has 0 unspecified atom stereocenters. The SMILES string of the molecule is FC(F)Oc1ccc(NC(=S)Nc2ccc(Cc3nc4ccccc4s3)cc2)cc1. The van der Waals surface area contributed by atoms with E-state index in [1.165, 1.54) is 16.8 Å². The molecule has 0 bridgehead atoms. The van der Waals surface area contributed by atoms with Gasteiger partial charge >= 0.3 is 6.61 Å². The van der Waals surface area contributed by atoms with Crippen LogP contribution in [0.5, 0.6) is 5.75 Å². The van der Waals surface area contributed by atoms with Gasteiger partial charge in [-0.05, 0) is 66.3 Å². The maximum Gasteiger partial charge on any atom is 0.387 e. The first-order valence-corrected chi connectivity index (χ1v) is 10.3. The predicted octanol–water partition coefficient (Wildman–Crippen LogP) is 6.30. The van der Waals surface area contributed by atoms with Gasteiger partial charge in [0.15, 0.2) is 5.11 Å². The van der Waals surface area contributed by atoms with Gasteiger partial charge in [-0.2, -0.15) is 8.78 Å². The molecule has 0 saturated heterocycles. The minimum absolute atomic E-state index is 0.0955. The van der Waals surface area contributed by atoms with Crippen molar-refractivity contribution in [2.45, 2.75) is 13.0 Å². The molecule has 8 heteroatoms. The Balaban J connectivity index is 1.33. The number of aromatic nitrogens is 1. The molecule has 0 spiro atoms. The highest BCUT2D eigenvalue weighted by molar-refractivity contribution is 7.80. The van der Waals surface area contributed by atoms with Gasteiger partial charge in [0, 0.05) is 17.8 Å². The van der Waals surface area contributed by atoms with Crippen LogP contribution in [0.2, 0.25) is 0 Å². The first kappa shape index (κ1) is 20.2. The van der Waals surface area contributed by atoms with Crippen molar-refractivity contribution in [2.24, 2.45) is 0 Å². The average Bonchev–Trinajstić information content (AvgIpc) is 3.13. The Morgan fingerprint density at radius 2 is 1.57 bits per heavy atom. The second kappa shape index (κ2) is 9.15. The zero-order valence-electron chi connectivity index (χ0n) is 15.6. The summed E-state index contributed by atoms with van der Waals surface area (Å²) in [7, 11) is 0. The number of hydrogen-bond donors (Lipinski definition) is 2. The Morgan fingerprint density at radius 3 is 2.20 bits per heavy atom. The molecule has 4 nitrogen and oxygen atoms in total. The summed E-state index contributed by atoms with van der Waals surface area (Å²) in [6.07, 6.45) is 0.773. The second-order valence-corrected chi connectivity index (χ2v) is 7.95. The number of fused-ring (bicyclic) bond motifs is 1. The number of thiazole rings is 1. The largest absolute Gasteiger partial charge is 0.435 e. The molecule has 0 amide bonds. The average molecular weight is 442 g/mol. The summed E-state index contributed by atoms with van der Waals surface area (Å²) in [5, 5.41) is 7.59. The Hall–Kier alpha value is -3.10. The minimum Gasteiger partial charge on any atom is -0.435 e. The highest BCUT2D eigenvalue weighted by Crippen LogP contribution is 2.24. The number of anilines is 2. The van der Waals surface area contributed by atoms with Crippen LogP contribution in [0.25, 0.3) is 10.2 Å². The molecule has 0 radical (unpaired) electrons. The Kier molecular flexibility index (Phi) is 6.15. The van der Waals surface area contributed by atoms with E-state index in [2.05, 4.69) is 26.4 Å². The molecule has 1 aromatic heterocycles. The number of thiocarbonyl (C=S) groups is 1. The maximum absolute atomic E-state index is 12.2. The summed E-state index contributed by atoms with van der Waals surface area (Å²) >= 11 is 7.02. The van der Waals surface area contributed by atoms with Crippen molar-refractivity contribution in [1.82, 2.24) is 4.98 Å². The molecule has 4 aromatic rings. The van der Waals surface area contributed by atoms with E-state index in [1.807, 2.05) is 42.5 Å². The van der Waals surface area contributed by atoms with E-state index in [9.17, 15) is 8.78 Å². The lowest BCUT2D eigenvalue weighted by atomic mass is 10.1. The van der Waals surface area contributed by atoms with E-state index < -0.39 is 6.61 Å². The first-order valence-electron chi connectivity index (χ1n) is 9.11. The standard InChI is InChI=1S/C22H17F2N3OS2/c23-21(24)28-17-11-9-16(10-12-17)26-22(29)25-15-7-5-14(6-8-15)13-20-27-18-3-1-2-4-19(18)30-20/h1-12,21H,13H2,(H2,25,26,29). The van der Waals surface area contributed by atoms with Gasteiger partial charge in [0.2, 0.25) is 0 Å². The molecule has 152 valence electrons. The van der Waals surface area contributed by atoms with Gasteiger partial charge in [-0.3, -0.25) is 0 Å². The number of hydrogen-bond acceptors (Lipinski definition) is 4. The second-order valence-electron chi connectivity index (χ2n) is 6.43. The van der Waals surface area contributed by atoms with E-state index in [1.54, 1.807) is 23.5 Å². The number of alkyl halides is 2. The Morgan fingerprint density at radius 1 is 0.933 bits per heavy atom. The van der Waals surface area contributed by atoms with Crippen LogP contribution in [0.15, 0.2) is 72.8 Å². The number of para-hydroxylation sites is 1. The van der Waals surface area contributed by atoms with Gasteiger partial charge in [-0.25, -0.2) is 4.98 Å². The molecule has 0 atom stereocenters. The fraction of sp³-hybridized carbons (Fsp3) is 0.0909. The molecule has 0 aliphatic rings. The molecule has 4 rings (SSSR count). The molecule has 30 heavy (non-hydrogen) atoms. The summed E-state index contributed by atoms with van der Waals surface area (Å²) in [4.78, 5) is 4.67. The summed E-state index contributed by atoms with van der Waals surface area (Å²) in [5.74, 6) is 0.0955. The predicted molar refractivity (Wildman–Crippen MR) is 122 cm³/mol. The molecule has 1 heterocycles. The van der Waals surface area contributed by atoms with Gasteiger partial charge in [0.05, 0.1) is 15.2 Å². The van der Waals surface area contributed by atoms with Crippen LogP contribution in [-0.4, -0.2) is 16.7 Å². The van der Waals surface area contributed by atoms with Gasteiger partial charge in [0.25, 0.3) is 0 Å². The van der Waals surface area contributed by atoms with Crippen molar-refractivity contribution in [3.63, 3.8) is 0 Å². The summed E-state index contributed by atoms with van der Waals surface area (Å²) in [5.41, 5.74) is 3.70. The van der Waals surface area contributed by atoms with Gasteiger partial charge in [-0.15, -0.1) is 11.3 Å². The van der Waals surface area contributed by atoms with Gasteiger partial charge < -0.3 is 15.4 Å². The molecular weight excluding hydrogens is 424 g/mol. The fourth-order valence-corrected chi connectivity index (χ4v) is 4.13. The van der Waals surface area contributed by atoms with Gasteiger partial charge in [0.1, 0.15) is 5.75 Å². The first-order chi connectivity index (χ1) is 14.5. The normalized spacial score (nSPS) is 10.9. The van der Waals surface area contributed by atoms with Crippen LogP contribution in [0.3, 0.4) is 0 Å². The van der Waals surface area contributed by atoms with Crippen molar-refractivity contribution in [3.05, 3.63) is 83.4 Å². The van der Waals surface area contributed by atoms with Crippen LogP contribution in [-0.2, 0) is 6.42 Å².